The number of sulfone groups is 1. The Morgan fingerprint density at radius 1 is 1.43 bits per heavy atom. The molecule has 2 fully saturated rings. The van der Waals surface area contributed by atoms with Crippen molar-refractivity contribution in [2.45, 2.75) is 49.3 Å². The van der Waals surface area contributed by atoms with Gasteiger partial charge in [-0.1, -0.05) is 0 Å². The van der Waals surface area contributed by atoms with Gasteiger partial charge in [-0.15, -0.1) is 0 Å². The molecule has 3 nitrogen and oxygen atoms in total. The first kappa shape index (κ1) is 10.4. The van der Waals surface area contributed by atoms with Crippen LogP contribution in [0.3, 0.4) is 0 Å². The Balaban J connectivity index is 1.87. The van der Waals surface area contributed by atoms with Crippen LogP contribution < -0.4 is 5.32 Å². The van der Waals surface area contributed by atoms with E-state index in [1.54, 1.807) is 0 Å². The zero-order valence-electron chi connectivity index (χ0n) is 8.75. The molecule has 1 atom stereocenters. The third kappa shape index (κ3) is 1.96. The lowest BCUT2D eigenvalue weighted by Crippen LogP contribution is -2.29. The molecule has 1 saturated heterocycles. The Morgan fingerprint density at radius 2 is 2.14 bits per heavy atom. The lowest BCUT2D eigenvalue weighted by molar-refractivity contribution is 0.475. The fourth-order valence-corrected chi connectivity index (χ4v) is 4.30. The number of nitrogens with one attached hydrogen (secondary N) is 1. The molecule has 0 spiro atoms. The van der Waals surface area contributed by atoms with Crippen LogP contribution in [0.2, 0.25) is 0 Å². The van der Waals surface area contributed by atoms with Gasteiger partial charge in [0.2, 0.25) is 0 Å². The van der Waals surface area contributed by atoms with Crippen LogP contribution in [0.5, 0.6) is 0 Å². The molecule has 1 heterocycles. The lowest BCUT2D eigenvalue weighted by Gasteiger charge is -2.16. The van der Waals surface area contributed by atoms with Crippen molar-refractivity contribution < 1.29 is 8.42 Å². The molecule has 2 aliphatic rings. The minimum Gasteiger partial charge on any atom is -0.314 e. The molecular formula is C10H19NO2S. The fourth-order valence-electron chi connectivity index (χ4n) is 2.40. The molecule has 0 aromatic rings. The molecular weight excluding hydrogens is 198 g/mol. The first-order chi connectivity index (χ1) is 6.58. The summed E-state index contributed by atoms with van der Waals surface area (Å²) in [6.45, 7) is 0. The Hall–Kier alpha value is -0.0900. The Kier molecular flexibility index (Phi) is 2.60. The maximum absolute atomic E-state index is 11.6. The minimum absolute atomic E-state index is 0.0340. The van der Waals surface area contributed by atoms with E-state index in [1.807, 2.05) is 7.05 Å². The van der Waals surface area contributed by atoms with Crippen LogP contribution in [0.25, 0.3) is 0 Å². The van der Waals surface area contributed by atoms with Gasteiger partial charge in [0.15, 0.2) is 9.84 Å². The zero-order valence-corrected chi connectivity index (χ0v) is 9.57. The highest BCUT2D eigenvalue weighted by atomic mass is 32.2. The van der Waals surface area contributed by atoms with E-state index in [-0.39, 0.29) is 5.25 Å². The Labute approximate surface area is 86.2 Å². The van der Waals surface area contributed by atoms with Crippen LogP contribution in [0.1, 0.15) is 38.5 Å². The molecule has 1 aliphatic heterocycles. The second-order valence-corrected chi connectivity index (χ2v) is 7.10. The summed E-state index contributed by atoms with van der Waals surface area (Å²) >= 11 is 0. The summed E-state index contributed by atoms with van der Waals surface area (Å²) in [4.78, 5) is 0. The van der Waals surface area contributed by atoms with E-state index < -0.39 is 9.84 Å². The third-order valence-electron chi connectivity index (χ3n) is 3.79. The molecule has 0 bridgehead atoms. The summed E-state index contributed by atoms with van der Waals surface area (Å²) < 4.78 is 23.1. The van der Waals surface area contributed by atoms with Gasteiger partial charge in [-0.05, 0) is 45.6 Å². The summed E-state index contributed by atoms with van der Waals surface area (Å²) in [5.74, 6) is 0.421. The largest absolute Gasteiger partial charge is 0.314 e. The average Bonchev–Trinajstić information content (AvgIpc) is 2.84. The highest BCUT2D eigenvalue weighted by molar-refractivity contribution is 7.92. The maximum atomic E-state index is 11.6. The van der Waals surface area contributed by atoms with Crippen molar-refractivity contribution >= 4 is 9.84 Å². The first-order valence-corrected chi connectivity index (χ1v) is 7.20. The lowest BCUT2D eigenvalue weighted by atomic mass is 10.1. The molecule has 0 aromatic carbocycles. The molecule has 1 saturated carbocycles. The van der Waals surface area contributed by atoms with Crippen LogP contribution in [0.15, 0.2) is 0 Å². The number of rotatable bonds is 4. The SMILES string of the molecule is CNC1(CCC2CCCS2(=O)=O)CC1. The van der Waals surface area contributed by atoms with Crippen molar-refractivity contribution in [2.24, 2.45) is 0 Å². The van der Waals surface area contributed by atoms with Gasteiger partial charge in [-0.3, -0.25) is 0 Å². The normalized spacial score (nSPS) is 33.1. The van der Waals surface area contributed by atoms with Crippen LogP contribution >= 0.6 is 0 Å². The topological polar surface area (TPSA) is 46.2 Å². The summed E-state index contributed by atoms with van der Waals surface area (Å²) in [6, 6.07) is 0. The van der Waals surface area contributed by atoms with Crippen molar-refractivity contribution in [1.29, 1.82) is 0 Å². The summed E-state index contributed by atoms with van der Waals surface area (Å²) in [5, 5.41) is 3.27. The molecule has 1 N–H and O–H groups in total. The summed E-state index contributed by atoms with van der Waals surface area (Å²) in [7, 11) is -0.735. The van der Waals surface area contributed by atoms with E-state index in [4.69, 9.17) is 0 Å². The molecule has 1 aliphatic carbocycles. The second-order valence-electron chi connectivity index (χ2n) is 4.70. The molecule has 0 amide bonds. The summed E-state index contributed by atoms with van der Waals surface area (Å²) in [6.07, 6.45) is 6.10. The Morgan fingerprint density at radius 3 is 2.57 bits per heavy atom. The van der Waals surface area contributed by atoms with E-state index >= 15 is 0 Å². The predicted octanol–water partition coefficient (Wildman–Crippen LogP) is 1.10. The predicted molar refractivity (Wildman–Crippen MR) is 57.1 cm³/mol. The van der Waals surface area contributed by atoms with E-state index in [1.165, 1.54) is 12.8 Å². The maximum Gasteiger partial charge on any atom is 0.153 e. The number of hydrogen-bond acceptors (Lipinski definition) is 3. The molecule has 4 heteroatoms. The van der Waals surface area contributed by atoms with Gasteiger partial charge in [0.05, 0.1) is 11.0 Å². The van der Waals surface area contributed by atoms with Crippen LogP contribution in [-0.4, -0.2) is 32.0 Å². The smallest absolute Gasteiger partial charge is 0.153 e. The molecule has 14 heavy (non-hydrogen) atoms. The average molecular weight is 217 g/mol. The van der Waals surface area contributed by atoms with Gasteiger partial charge in [0, 0.05) is 5.54 Å². The second kappa shape index (κ2) is 3.49. The molecule has 0 radical (unpaired) electrons. The standard InChI is InChI=1S/C10H19NO2S/c1-11-10(6-7-10)5-4-9-3-2-8-14(9,12)13/h9,11H,2-8H2,1H3. The quantitative estimate of drug-likeness (QED) is 0.767. The zero-order chi connectivity index (χ0) is 10.2. The van der Waals surface area contributed by atoms with Crippen molar-refractivity contribution in [2.75, 3.05) is 12.8 Å². The fraction of sp³-hybridized carbons (Fsp3) is 1.00. The van der Waals surface area contributed by atoms with Crippen molar-refractivity contribution in [3.05, 3.63) is 0 Å². The van der Waals surface area contributed by atoms with E-state index in [0.717, 1.165) is 25.7 Å². The monoisotopic (exact) mass is 217 g/mol. The van der Waals surface area contributed by atoms with E-state index in [0.29, 0.717) is 11.3 Å². The molecule has 0 aromatic heterocycles. The highest BCUT2D eigenvalue weighted by Crippen LogP contribution is 2.40. The number of hydrogen-bond donors (Lipinski definition) is 1. The van der Waals surface area contributed by atoms with Gasteiger partial charge in [0.1, 0.15) is 0 Å². The molecule has 82 valence electrons. The minimum atomic E-state index is -2.72. The van der Waals surface area contributed by atoms with Crippen molar-refractivity contribution in [3.63, 3.8) is 0 Å². The molecule has 1 unspecified atom stereocenters. The van der Waals surface area contributed by atoms with Crippen molar-refractivity contribution in [3.8, 4) is 0 Å². The Bertz CT molecular complexity index is 306. The first-order valence-electron chi connectivity index (χ1n) is 5.48. The van der Waals surface area contributed by atoms with Crippen LogP contribution in [0.4, 0.5) is 0 Å². The molecule has 2 rings (SSSR count). The van der Waals surface area contributed by atoms with Gasteiger partial charge in [-0.2, -0.15) is 0 Å². The van der Waals surface area contributed by atoms with Gasteiger partial charge in [-0.25, -0.2) is 8.42 Å². The van der Waals surface area contributed by atoms with Crippen molar-refractivity contribution in [1.82, 2.24) is 5.32 Å². The van der Waals surface area contributed by atoms with Crippen LogP contribution in [0, 0.1) is 0 Å². The third-order valence-corrected chi connectivity index (χ3v) is 6.14. The van der Waals surface area contributed by atoms with E-state index in [9.17, 15) is 8.42 Å². The van der Waals surface area contributed by atoms with Gasteiger partial charge >= 0.3 is 0 Å². The van der Waals surface area contributed by atoms with Crippen LogP contribution in [-0.2, 0) is 9.84 Å². The van der Waals surface area contributed by atoms with Gasteiger partial charge < -0.3 is 5.32 Å². The summed E-state index contributed by atoms with van der Waals surface area (Å²) in [5.41, 5.74) is 0.304. The highest BCUT2D eigenvalue weighted by Gasteiger charge is 2.42. The van der Waals surface area contributed by atoms with E-state index in [2.05, 4.69) is 5.32 Å². The van der Waals surface area contributed by atoms with Gasteiger partial charge in [0.25, 0.3) is 0 Å².